The van der Waals surface area contributed by atoms with Crippen LogP contribution in [0.25, 0.3) is 6.08 Å². The fourth-order valence-corrected chi connectivity index (χ4v) is 3.50. The van der Waals surface area contributed by atoms with Crippen molar-refractivity contribution in [1.29, 1.82) is 0 Å². The summed E-state index contributed by atoms with van der Waals surface area (Å²) in [6, 6.07) is 19.0. The molecule has 1 aliphatic rings. The average molecular weight is 350 g/mol. The summed E-state index contributed by atoms with van der Waals surface area (Å²) in [5, 5.41) is 8.48. The number of benzene rings is 2. The Kier molecular flexibility index (Phi) is 6.58. The van der Waals surface area contributed by atoms with E-state index < -0.39 is 5.91 Å². The molecule has 0 atom stereocenters. The fraction of sp³-hybridized carbons (Fsp3) is 0.318. The summed E-state index contributed by atoms with van der Waals surface area (Å²) >= 11 is 0. The lowest BCUT2D eigenvalue weighted by atomic mass is 9.90. The van der Waals surface area contributed by atoms with E-state index in [1.807, 2.05) is 12.1 Å². The van der Waals surface area contributed by atoms with E-state index in [1.165, 1.54) is 36.5 Å². The first-order chi connectivity index (χ1) is 12.7. The Labute approximate surface area is 155 Å². The second kappa shape index (κ2) is 9.32. The Morgan fingerprint density at radius 3 is 2.38 bits per heavy atom. The maximum atomic E-state index is 11.0. The van der Waals surface area contributed by atoms with Gasteiger partial charge in [0.05, 0.1) is 0 Å². The normalized spacial score (nSPS) is 16.0. The number of hydrogen-bond donors (Lipinski definition) is 2. The zero-order chi connectivity index (χ0) is 18.2. The number of likely N-dealkylation sites (tertiary alicyclic amines) is 1. The minimum absolute atomic E-state index is 0.521. The largest absolute Gasteiger partial charge is 0.299 e. The molecule has 3 rings (SSSR count). The summed E-state index contributed by atoms with van der Waals surface area (Å²) in [6.45, 7) is 3.27. The van der Waals surface area contributed by atoms with Crippen LogP contribution in [0.4, 0.5) is 0 Å². The van der Waals surface area contributed by atoms with Crippen LogP contribution in [0.3, 0.4) is 0 Å². The highest BCUT2D eigenvalue weighted by Gasteiger charge is 2.19. The first kappa shape index (κ1) is 18.4. The van der Waals surface area contributed by atoms with Gasteiger partial charge in [0.15, 0.2) is 0 Å². The molecule has 0 saturated carbocycles. The van der Waals surface area contributed by atoms with Gasteiger partial charge in [-0.2, -0.15) is 0 Å². The van der Waals surface area contributed by atoms with E-state index in [0.29, 0.717) is 0 Å². The van der Waals surface area contributed by atoms with Crippen molar-refractivity contribution in [3.63, 3.8) is 0 Å². The van der Waals surface area contributed by atoms with Crippen molar-refractivity contribution in [2.45, 2.75) is 25.8 Å². The molecule has 1 heterocycles. The van der Waals surface area contributed by atoms with Gasteiger partial charge in [0, 0.05) is 12.6 Å². The molecule has 1 fully saturated rings. The molecule has 1 saturated heterocycles. The lowest BCUT2D eigenvalue weighted by Crippen LogP contribution is -2.33. The van der Waals surface area contributed by atoms with Gasteiger partial charge in [0.1, 0.15) is 0 Å². The molecule has 0 aliphatic carbocycles. The van der Waals surface area contributed by atoms with E-state index in [4.69, 9.17) is 5.21 Å². The molecule has 2 N–H and O–H groups in total. The second-order valence-corrected chi connectivity index (χ2v) is 6.96. The fourth-order valence-electron chi connectivity index (χ4n) is 3.50. The van der Waals surface area contributed by atoms with Crippen LogP contribution in [0.1, 0.15) is 29.5 Å². The van der Waals surface area contributed by atoms with Crippen LogP contribution in [0, 0.1) is 5.92 Å². The zero-order valence-electron chi connectivity index (χ0n) is 15.0. The minimum atomic E-state index is -0.521. The third-order valence-corrected chi connectivity index (χ3v) is 5.00. The van der Waals surface area contributed by atoms with Crippen molar-refractivity contribution >= 4 is 12.0 Å². The third-order valence-electron chi connectivity index (χ3n) is 5.00. The number of nitrogens with zero attached hydrogens (tertiary/aromatic N) is 1. The molecule has 136 valence electrons. The molecule has 1 aliphatic heterocycles. The van der Waals surface area contributed by atoms with Crippen LogP contribution in [-0.2, 0) is 17.8 Å². The number of hydrogen-bond acceptors (Lipinski definition) is 3. The number of rotatable bonds is 6. The molecule has 26 heavy (non-hydrogen) atoms. The van der Waals surface area contributed by atoms with E-state index in [-0.39, 0.29) is 0 Å². The Balaban J connectivity index is 1.45. The Morgan fingerprint density at radius 2 is 1.73 bits per heavy atom. The molecular weight excluding hydrogens is 324 g/mol. The summed E-state index contributed by atoms with van der Waals surface area (Å²) in [6.07, 6.45) is 6.70. The van der Waals surface area contributed by atoms with E-state index in [9.17, 15) is 4.79 Å². The van der Waals surface area contributed by atoms with Crippen molar-refractivity contribution < 1.29 is 10.0 Å². The lowest BCUT2D eigenvalue weighted by Gasteiger charge is -2.32. The molecule has 0 radical (unpaired) electrons. The topological polar surface area (TPSA) is 52.6 Å². The van der Waals surface area contributed by atoms with Gasteiger partial charge in [0.2, 0.25) is 0 Å². The first-order valence-electron chi connectivity index (χ1n) is 9.20. The van der Waals surface area contributed by atoms with E-state index in [2.05, 4.69) is 47.4 Å². The zero-order valence-corrected chi connectivity index (χ0v) is 15.0. The van der Waals surface area contributed by atoms with Gasteiger partial charge in [0.25, 0.3) is 5.91 Å². The molecule has 0 aromatic heterocycles. The van der Waals surface area contributed by atoms with Gasteiger partial charge in [-0.1, -0.05) is 54.6 Å². The van der Waals surface area contributed by atoms with Crippen molar-refractivity contribution in [1.82, 2.24) is 10.4 Å². The van der Waals surface area contributed by atoms with Crippen molar-refractivity contribution in [2.24, 2.45) is 5.92 Å². The Morgan fingerprint density at radius 1 is 1.04 bits per heavy atom. The first-order valence-corrected chi connectivity index (χ1v) is 9.20. The predicted octanol–water partition coefficient (Wildman–Crippen LogP) is 3.66. The van der Waals surface area contributed by atoms with Gasteiger partial charge in [-0.3, -0.25) is 14.9 Å². The van der Waals surface area contributed by atoms with Crippen LogP contribution < -0.4 is 5.48 Å². The monoisotopic (exact) mass is 350 g/mol. The third kappa shape index (κ3) is 5.55. The van der Waals surface area contributed by atoms with Crippen LogP contribution in [0.5, 0.6) is 0 Å². The van der Waals surface area contributed by atoms with Crippen molar-refractivity contribution in [3.8, 4) is 0 Å². The molecule has 4 heteroatoms. The van der Waals surface area contributed by atoms with Crippen molar-refractivity contribution in [2.75, 3.05) is 13.1 Å². The maximum absolute atomic E-state index is 11.0. The average Bonchev–Trinajstić information content (AvgIpc) is 2.69. The molecule has 2 aromatic carbocycles. The molecule has 0 bridgehead atoms. The lowest BCUT2D eigenvalue weighted by molar-refractivity contribution is -0.124. The number of carbonyl (C=O) groups excluding carboxylic acids is 1. The summed E-state index contributed by atoms with van der Waals surface area (Å²) in [4.78, 5) is 13.5. The smallest absolute Gasteiger partial charge is 0.267 e. The van der Waals surface area contributed by atoms with Crippen LogP contribution in [0.2, 0.25) is 0 Å². The highest BCUT2D eigenvalue weighted by Crippen LogP contribution is 2.23. The highest BCUT2D eigenvalue weighted by atomic mass is 16.5. The molecule has 0 unspecified atom stereocenters. The van der Waals surface area contributed by atoms with Crippen LogP contribution in [-0.4, -0.2) is 29.1 Å². The second-order valence-electron chi connectivity index (χ2n) is 6.96. The molecular formula is C22H26N2O2. The van der Waals surface area contributed by atoms with Gasteiger partial charge in [-0.25, -0.2) is 5.48 Å². The standard InChI is InChI=1S/C22H26N2O2/c25-22(23-26)11-10-18-6-8-21(9-7-18)17-24-14-12-20(13-15-24)16-19-4-2-1-3-5-19/h1-11,20,26H,12-17H2,(H,23,25). The SMILES string of the molecule is O=C(C=Cc1ccc(CN2CCC(Cc3ccccc3)CC2)cc1)NO. The number of hydroxylamine groups is 1. The molecule has 2 aromatic rings. The van der Waals surface area contributed by atoms with E-state index >= 15 is 0 Å². The highest BCUT2D eigenvalue weighted by molar-refractivity contribution is 5.90. The number of piperidine rings is 1. The molecule has 0 spiro atoms. The van der Waals surface area contributed by atoms with Crippen molar-refractivity contribution in [3.05, 3.63) is 77.4 Å². The van der Waals surface area contributed by atoms with Gasteiger partial charge in [-0.05, 0) is 61.0 Å². The summed E-state index contributed by atoms with van der Waals surface area (Å²) in [7, 11) is 0. The van der Waals surface area contributed by atoms with Crippen LogP contribution in [0.15, 0.2) is 60.7 Å². The molecule has 1 amide bonds. The van der Waals surface area contributed by atoms with Gasteiger partial charge < -0.3 is 0 Å². The molecule has 4 nitrogen and oxygen atoms in total. The summed E-state index contributed by atoms with van der Waals surface area (Å²) < 4.78 is 0. The van der Waals surface area contributed by atoms with Gasteiger partial charge in [-0.15, -0.1) is 0 Å². The summed E-state index contributed by atoms with van der Waals surface area (Å²) in [5.41, 5.74) is 5.27. The number of nitrogens with one attached hydrogen (secondary N) is 1. The van der Waals surface area contributed by atoms with Gasteiger partial charge >= 0.3 is 0 Å². The maximum Gasteiger partial charge on any atom is 0.267 e. The Hall–Kier alpha value is -2.43. The van der Waals surface area contributed by atoms with E-state index in [0.717, 1.165) is 31.1 Å². The minimum Gasteiger partial charge on any atom is -0.299 e. The quantitative estimate of drug-likeness (QED) is 0.475. The Bertz CT molecular complexity index is 718. The number of carbonyl (C=O) groups is 1. The predicted molar refractivity (Wildman–Crippen MR) is 104 cm³/mol. The van der Waals surface area contributed by atoms with Crippen LogP contribution >= 0.6 is 0 Å². The van der Waals surface area contributed by atoms with E-state index in [1.54, 1.807) is 11.6 Å². The summed E-state index contributed by atoms with van der Waals surface area (Å²) in [5.74, 6) is 0.270. The number of amides is 1.